The highest BCUT2D eigenvalue weighted by Gasteiger charge is 2.46. The van der Waals surface area contributed by atoms with Crippen LogP contribution in [0.2, 0.25) is 5.02 Å². The quantitative estimate of drug-likeness (QED) is 0.798. The summed E-state index contributed by atoms with van der Waals surface area (Å²) in [5.74, 6) is -0.00692. The van der Waals surface area contributed by atoms with Gasteiger partial charge in [0.15, 0.2) is 0 Å². The van der Waals surface area contributed by atoms with Gasteiger partial charge in [0.2, 0.25) is 0 Å². The highest BCUT2D eigenvalue weighted by molar-refractivity contribution is 6.31. The summed E-state index contributed by atoms with van der Waals surface area (Å²) in [4.78, 5) is 27.6. The molecule has 22 heavy (non-hydrogen) atoms. The van der Waals surface area contributed by atoms with Crippen molar-refractivity contribution in [2.45, 2.75) is 25.4 Å². The number of ether oxygens (including phenoxy) is 1. The first-order valence-corrected chi connectivity index (χ1v) is 7.78. The van der Waals surface area contributed by atoms with Crippen LogP contribution in [0, 0.1) is 6.92 Å². The first-order valence-electron chi connectivity index (χ1n) is 7.40. The second-order valence-corrected chi connectivity index (χ2v) is 6.52. The van der Waals surface area contributed by atoms with Crippen LogP contribution in [-0.4, -0.2) is 54.1 Å². The van der Waals surface area contributed by atoms with Crippen molar-refractivity contribution in [2.24, 2.45) is 0 Å². The lowest BCUT2D eigenvalue weighted by molar-refractivity contribution is 0.00316. The van der Waals surface area contributed by atoms with Crippen LogP contribution >= 0.6 is 11.6 Å². The highest BCUT2D eigenvalue weighted by Crippen LogP contribution is 2.33. The molecule has 2 saturated heterocycles. The van der Waals surface area contributed by atoms with Gasteiger partial charge in [0, 0.05) is 43.6 Å². The van der Waals surface area contributed by atoms with Crippen molar-refractivity contribution in [2.75, 3.05) is 26.7 Å². The molecular weight excluding hydrogens is 304 g/mol. The fourth-order valence-electron chi connectivity index (χ4n) is 3.18. The average molecular weight is 323 g/mol. The van der Waals surface area contributed by atoms with Crippen LogP contribution in [0.1, 0.15) is 28.8 Å². The third kappa shape index (κ3) is 2.54. The summed E-state index contributed by atoms with van der Waals surface area (Å²) in [6.07, 6.45) is 1.08. The Kier molecular flexibility index (Phi) is 3.77. The highest BCUT2D eigenvalue weighted by atomic mass is 35.5. The molecule has 2 heterocycles. The van der Waals surface area contributed by atoms with Crippen molar-refractivity contribution in [1.82, 2.24) is 9.80 Å². The van der Waals surface area contributed by atoms with Gasteiger partial charge in [-0.05, 0) is 24.6 Å². The Labute approximate surface area is 134 Å². The van der Waals surface area contributed by atoms with E-state index < -0.39 is 5.60 Å². The second-order valence-electron chi connectivity index (χ2n) is 6.11. The molecular formula is C16H19ClN2O3. The SMILES string of the molecule is Cc1c(Cl)cccc1C(=O)N1CCC2(CC1)CN(C)C(=O)O2. The van der Waals surface area contributed by atoms with E-state index in [9.17, 15) is 9.59 Å². The van der Waals surface area contributed by atoms with E-state index in [1.807, 2.05) is 11.8 Å². The molecule has 0 unspecified atom stereocenters. The van der Waals surface area contributed by atoms with Crippen LogP contribution in [0.15, 0.2) is 18.2 Å². The van der Waals surface area contributed by atoms with Crippen LogP contribution < -0.4 is 0 Å². The Morgan fingerprint density at radius 1 is 1.32 bits per heavy atom. The maximum absolute atomic E-state index is 12.7. The van der Waals surface area contributed by atoms with Crippen LogP contribution in [0.5, 0.6) is 0 Å². The van der Waals surface area contributed by atoms with Gasteiger partial charge in [-0.3, -0.25) is 4.79 Å². The molecule has 0 aromatic heterocycles. The minimum absolute atomic E-state index is 0.00692. The standard InChI is InChI=1S/C16H19ClN2O3/c1-11-12(4-3-5-13(11)17)14(20)19-8-6-16(7-9-19)10-18(2)15(21)22-16/h3-5H,6-10H2,1-2H3. The predicted molar refractivity (Wildman–Crippen MR) is 83.2 cm³/mol. The molecule has 2 amide bonds. The van der Waals surface area contributed by atoms with Crippen LogP contribution in [0.25, 0.3) is 0 Å². The van der Waals surface area contributed by atoms with E-state index in [0.29, 0.717) is 43.1 Å². The third-order valence-electron chi connectivity index (χ3n) is 4.60. The van der Waals surface area contributed by atoms with E-state index in [1.54, 1.807) is 30.1 Å². The zero-order valence-corrected chi connectivity index (χ0v) is 13.5. The Morgan fingerprint density at radius 2 is 2.00 bits per heavy atom. The van der Waals surface area contributed by atoms with Crippen molar-refractivity contribution in [3.05, 3.63) is 34.3 Å². The summed E-state index contributed by atoms with van der Waals surface area (Å²) in [5, 5.41) is 0.602. The number of carbonyl (C=O) groups excluding carboxylic acids is 2. The summed E-state index contributed by atoms with van der Waals surface area (Å²) in [6, 6.07) is 5.38. The van der Waals surface area contributed by atoms with Crippen molar-refractivity contribution in [3.63, 3.8) is 0 Å². The van der Waals surface area contributed by atoms with Crippen molar-refractivity contribution in [1.29, 1.82) is 0 Å². The Balaban J connectivity index is 1.70. The lowest BCUT2D eigenvalue weighted by Gasteiger charge is -2.37. The van der Waals surface area contributed by atoms with Gasteiger partial charge in [-0.2, -0.15) is 0 Å². The van der Waals surface area contributed by atoms with Crippen LogP contribution in [0.4, 0.5) is 4.79 Å². The number of benzene rings is 1. The van der Waals surface area contributed by atoms with Crippen LogP contribution in [-0.2, 0) is 4.74 Å². The number of rotatable bonds is 1. The molecule has 1 aromatic carbocycles. The number of nitrogens with zero attached hydrogens (tertiary/aromatic N) is 2. The fourth-order valence-corrected chi connectivity index (χ4v) is 3.35. The van der Waals surface area contributed by atoms with Gasteiger partial charge in [-0.25, -0.2) is 4.79 Å². The number of piperidine rings is 1. The molecule has 0 aliphatic carbocycles. The largest absolute Gasteiger partial charge is 0.441 e. The number of likely N-dealkylation sites (tertiary alicyclic amines) is 1. The minimum atomic E-state index is -0.425. The van der Waals surface area contributed by atoms with Gasteiger partial charge >= 0.3 is 6.09 Å². The number of hydrogen-bond donors (Lipinski definition) is 0. The third-order valence-corrected chi connectivity index (χ3v) is 5.01. The summed E-state index contributed by atoms with van der Waals surface area (Å²) >= 11 is 6.09. The molecule has 0 atom stereocenters. The predicted octanol–water partition coefficient (Wildman–Crippen LogP) is 2.71. The van der Waals surface area contributed by atoms with Gasteiger partial charge in [0.05, 0.1) is 6.54 Å². The van der Waals surface area contributed by atoms with Crippen molar-refractivity contribution < 1.29 is 14.3 Å². The molecule has 0 saturated carbocycles. The van der Waals surface area contributed by atoms with Crippen molar-refractivity contribution in [3.8, 4) is 0 Å². The van der Waals surface area contributed by atoms with Crippen LogP contribution in [0.3, 0.4) is 0 Å². The molecule has 1 spiro atoms. The summed E-state index contributed by atoms with van der Waals surface area (Å²) in [7, 11) is 1.74. The average Bonchev–Trinajstić information content (AvgIpc) is 2.76. The lowest BCUT2D eigenvalue weighted by atomic mass is 9.91. The molecule has 0 radical (unpaired) electrons. The Morgan fingerprint density at radius 3 is 2.59 bits per heavy atom. The molecule has 3 rings (SSSR count). The smallest absolute Gasteiger partial charge is 0.410 e. The van der Waals surface area contributed by atoms with E-state index >= 15 is 0 Å². The van der Waals surface area contributed by atoms with Gasteiger partial charge in [0.25, 0.3) is 5.91 Å². The summed E-state index contributed by atoms with van der Waals surface area (Å²) in [6.45, 7) is 3.64. The van der Waals surface area contributed by atoms with E-state index in [1.165, 1.54) is 0 Å². The molecule has 2 aliphatic rings. The Bertz CT molecular complexity index is 624. The molecule has 1 aromatic rings. The summed E-state index contributed by atoms with van der Waals surface area (Å²) in [5.41, 5.74) is 1.02. The number of likely N-dealkylation sites (N-methyl/N-ethyl adjacent to an activating group) is 1. The second kappa shape index (κ2) is 5.47. The normalized spacial score (nSPS) is 20.4. The maximum Gasteiger partial charge on any atom is 0.410 e. The van der Waals surface area contributed by atoms with E-state index in [4.69, 9.17) is 16.3 Å². The zero-order chi connectivity index (χ0) is 15.9. The monoisotopic (exact) mass is 322 g/mol. The van der Waals surface area contributed by atoms with Gasteiger partial charge < -0.3 is 14.5 Å². The number of amides is 2. The van der Waals surface area contributed by atoms with E-state index in [0.717, 1.165) is 5.56 Å². The van der Waals surface area contributed by atoms with E-state index in [2.05, 4.69) is 0 Å². The van der Waals surface area contributed by atoms with Crippen molar-refractivity contribution >= 4 is 23.6 Å². The van der Waals surface area contributed by atoms with E-state index in [-0.39, 0.29) is 12.0 Å². The summed E-state index contributed by atoms with van der Waals surface area (Å²) < 4.78 is 5.51. The maximum atomic E-state index is 12.7. The van der Waals surface area contributed by atoms with Gasteiger partial charge in [-0.1, -0.05) is 17.7 Å². The topological polar surface area (TPSA) is 49.9 Å². The molecule has 0 N–H and O–H groups in total. The first-order chi connectivity index (χ1) is 10.4. The van der Waals surface area contributed by atoms with Gasteiger partial charge in [0.1, 0.15) is 5.60 Å². The molecule has 2 aliphatic heterocycles. The Hall–Kier alpha value is -1.75. The number of carbonyl (C=O) groups is 2. The molecule has 2 fully saturated rings. The first kappa shape index (κ1) is 15.2. The molecule has 6 heteroatoms. The minimum Gasteiger partial charge on any atom is -0.441 e. The molecule has 5 nitrogen and oxygen atoms in total. The number of hydrogen-bond acceptors (Lipinski definition) is 3. The fraction of sp³-hybridized carbons (Fsp3) is 0.500. The van der Waals surface area contributed by atoms with Gasteiger partial charge in [-0.15, -0.1) is 0 Å². The molecule has 118 valence electrons. The number of halogens is 1. The lowest BCUT2D eigenvalue weighted by Crippen LogP contribution is -2.48. The zero-order valence-electron chi connectivity index (χ0n) is 12.8. The molecule has 0 bridgehead atoms.